The summed E-state index contributed by atoms with van der Waals surface area (Å²) in [5.74, 6) is -2.48. The second-order valence-electron chi connectivity index (χ2n) is 6.39. The number of piperidine rings is 1. The van der Waals surface area contributed by atoms with Crippen molar-refractivity contribution in [2.75, 3.05) is 13.1 Å². The third-order valence-corrected chi connectivity index (χ3v) is 5.34. The first kappa shape index (κ1) is 22.2. The Balaban J connectivity index is 0.000000345. The fourth-order valence-electron chi connectivity index (χ4n) is 2.85. The van der Waals surface area contributed by atoms with E-state index < -0.39 is 12.1 Å². The Hall–Kier alpha value is -2.06. The average molecular weight is 415 g/mol. The SMILES string of the molecule is Cc1ccc(Sc2cccc(F)c2C2CCNCC2)cc1.O=C(O)C(F)(F)F. The van der Waals surface area contributed by atoms with Crippen LogP contribution in [0.2, 0.25) is 0 Å². The van der Waals surface area contributed by atoms with Crippen LogP contribution in [0.3, 0.4) is 0 Å². The van der Waals surface area contributed by atoms with Gasteiger partial charge in [-0.1, -0.05) is 35.5 Å². The van der Waals surface area contributed by atoms with Crippen molar-refractivity contribution in [1.82, 2.24) is 5.32 Å². The summed E-state index contributed by atoms with van der Waals surface area (Å²) < 4.78 is 46.1. The molecule has 28 heavy (non-hydrogen) atoms. The second kappa shape index (κ2) is 9.93. The van der Waals surface area contributed by atoms with Crippen molar-refractivity contribution in [2.24, 2.45) is 0 Å². The van der Waals surface area contributed by atoms with Crippen LogP contribution in [0, 0.1) is 12.7 Å². The standard InChI is InChI=1S/C18H20FNS.C2HF3O2/c1-13-5-7-15(8-6-13)21-17-4-2-3-16(19)18(17)14-9-11-20-12-10-14;3-2(4,5)1(6)7/h2-8,14,20H,9-12H2,1H3;(H,6,7). The molecule has 0 amide bonds. The molecule has 1 aliphatic heterocycles. The summed E-state index contributed by atoms with van der Waals surface area (Å²) in [6.45, 7) is 4.04. The molecule has 2 aromatic carbocycles. The van der Waals surface area contributed by atoms with Gasteiger partial charge in [-0.05, 0) is 63.0 Å². The van der Waals surface area contributed by atoms with Crippen molar-refractivity contribution in [3.05, 3.63) is 59.4 Å². The van der Waals surface area contributed by atoms with Gasteiger partial charge in [0.25, 0.3) is 0 Å². The van der Waals surface area contributed by atoms with Crippen LogP contribution in [0.5, 0.6) is 0 Å². The highest BCUT2D eigenvalue weighted by molar-refractivity contribution is 7.99. The van der Waals surface area contributed by atoms with Crippen LogP contribution >= 0.6 is 11.8 Å². The zero-order valence-electron chi connectivity index (χ0n) is 15.2. The number of carbonyl (C=O) groups is 1. The van der Waals surface area contributed by atoms with Crippen LogP contribution in [0.4, 0.5) is 17.6 Å². The molecule has 152 valence electrons. The first-order valence-electron chi connectivity index (χ1n) is 8.72. The van der Waals surface area contributed by atoms with E-state index in [1.54, 1.807) is 17.8 Å². The lowest BCUT2D eigenvalue weighted by Gasteiger charge is -2.25. The summed E-state index contributed by atoms with van der Waals surface area (Å²) in [4.78, 5) is 11.1. The monoisotopic (exact) mass is 415 g/mol. The molecule has 1 saturated heterocycles. The Morgan fingerprint density at radius 3 is 2.21 bits per heavy atom. The number of hydrogen-bond donors (Lipinski definition) is 2. The van der Waals surface area contributed by atoms with Gasteiger partial charge in [-0.15, -0.1) is 0 Å². The molecule has 0 bridgehead atoms. The van der Waals surface area contributed by atoms with E-state index >= 15 is 0 Å². The molecule has 1 aliphatic rings. The van der Waals surface area contributed by atoms with Gasteiger partial charge < -0.3 is 10.4 Å². The average Bonchev–Trinajstić information content (AvgIpc) is 2.64. The summed E-state index contributed by atoms with van der Waals surface area (Å²) in [6, 6.07) is 13.9. The minimum atomic E-state index is -5.08. The van der Waals surface area contributed by atoms with Gasteiger partial charge in [0, 0.05) is 15.4 Å². The van der Waals surface area contributed by atoms with Gasteiger partial charge in [0.1, 0.15) is 5.82 Å². The lowest BCUT2D eigenvalue weighted by atomic mass is 9.90. The minimum Gasteiger partial charge on any atom is -0.475 e. The molecule has 3 rings (SSSR count). The Labute approximate surface area is 165 Å². The fourth-order valence-corrected chi connectivity index (χ4v) is 3.89. The number of aryl methyl sites for hydroxylation is 1. The normalized spacial score (nSPS) is 14.9. The van der Waals surface area contributed by atoms with Crippen molar-refractivity contribution in [3.63, 3.8) is 0 Å². The maximum Gasteiger partial charge on any atom is 0.490 e. The summed E-state index contributed by atoms with van der Waals surface area (Å²) in [7, 11) is 0. The van der Waals surface area contributed by atoms with Crippen LogP contribution < -0.4 is 5.32 Å². The van der Waals surface area contributed by atoms with E-state index in [2.05, 4.69) is 36.5 Å². The highest BCUT2D eigenvalue weighted by Crippen LogP contribution is 2.38. The zero-order valence-corrected chi connectivity index (χ0v) is 16.0. The Bertz CT molecular complexity index is 788. The summed E-state index contributed by atoms with van der Waals surface area (Å²) in [5, 5.41) is 10.5. The largest absolute Gasteiger partial charge is 0.490 e. The first-order valence-corrected chi connectivity index (χ1v) is 9.54. The highest BCUT2D eigenvalue weighted by atomic mass is 32.2. The molecular weight excluding hydrogens is 394 g/mol. The van der Waals surface area contributed by atoms with Crippen LogP contribution in [-0.2, 0) is 4.79 Å². The number of alkyl halides is 3. The minimum absolute atomic E-state index is 0.0565. The number of hydrogen-bond acceptors (Lipinski definition) is 3. The number of carboxylic acid groups (broad SMARTS) is 1. The molecule has 0 saturated carbocycles. The second-order valence-corrected chi connectivity index (χ2v) is 7.51. The number of aliphatic carboxylic acids is 1. The predicted molar refractivity (Wildman–Crippen MR) is 100 cm³/mol. The zero-order chi connectivity index (χ0) is 20.7. The summed E-state index contributed by atoms with van der Waals surface area (Å²) in [6.07, 6.45) is -3.05. The molecule has 1 fully saturated rings. The van der Waals surface area contributed by atoms with E-state index in [9.17, 15) is 17.6 Å². The van der Waals surface area contributed by atoms with Gasteiger partial charge in [0.15, 0.2) is 0 Å². The quantitative estimate of drug-likeness (QED) is 0.661. The lowest BCUT2D eigenvalue weighted by Crippen LogP contribution is -2.27. The van der Waals surface area contributed by atoms with Gasteiger partial charge in [0.05, 0.1) is 0 Å². The van der Waals surface area contributed by atoms with Gasteiger partial charge in [0.2, 0.25) is 0 Å². The Kier molecular flexibility index (Phi) is 7.88. The topological polar surface area (TPSA) is 49.3 Å². The van der Waals surface area contributed by atoms with Crippen molar-refractivity contribution in [3.8, 4) is 0 Å². The highest BCUT2D eigenvalue weighted by Gasteiger charge is 2.38. The predicted octanol–water partition coefficient (Wildman–Crippen LogP) is 5.39. The third-order valence-electron chi connectivity index (χ3n) is 4.25. The molecule has 0 radical (unpaired) electrons. The Morgan fingerprint density at radius 2 is 1.68 bits per heavy atom. The van der Waals surface area contributed by atoms with Crippen molar-refractivity contribution in [2.45, 2.75) is 41.7 Å². The molecule has 2 N–H and O–H groups in total. The van der Waals surface area contributed by atoms with Gasteiger partial charge >= 0.3 is 12.1 Å². The molecule has 0 aliphatic carbocycles. The van der Waals surface area contributed by atoms with E-state index in [1.165, 1.54) is 10.5 Å². The number of carboxylic acids is 1. The molecule has 0 aromatic heterocycles. The smallest absolute Gasteiger partial charge is 0.475 e. The Morgan fingerprint density at radius 1 is 1.11 bits per heavy atom. The van der Waals surface area contributed by atoms with Crippen LogP contribution in [0.15, 0.2) is 52.3 Å². The first-order chi connectivity index (χ1) is 13.2. The molecule has 2 aromatic rings. The van der Waals surface area contributed by atoms with Crippen LogP contribution in [-0.4, -0.2) is 30.3 Å². The van der Waals surface area contributed by atoms with Gasteiger partial charge in [-0.3, -0.25) is 0 Å². The molecule has 8 heteroatoms. The lowest BCUT2D eigenvalue weighted by molar-refractivity contribution is -0.192. The molecule has 1 heterocycles. The van der Waals surface area contributed by atoms with Gasteiger partial charge in [-0.2, -0.15) is 13.2 Å². The number of halogens is 4. The molecular formula is C20H21F4NO2S. The maximum atomic E-state index is 14.4. The summed E-state index contributed by atoms with van der Waals surface area (Å²) >= 11 is 1.67. The molecule has 0 spiro atoms. The van der Waals surface area contributed by atoms with Crippen LogP contribution in [0.1, 0.15) is 29.9 Å². The molecule has 0 atom stereocenters. The van der Waals surface area contributed by atoms with E-state index in [0.29, 0.717) is 5.92 Å². The molecule has 0 unspecified atom stereocenters. The van der Waals surface area contributed by atoms with Crippen LogP contribution in [0.25, 0.3) is 0 Å². The van der Waals surface area contributed by atoms with Gasteiger partial charge in [-0.25, -0.2) is 9.18 Å². The van der Waals surface area contributed by atoms with Crippen molar-refractivity contribution < 1.29 is 27.5 Å². The number of benzene rings is 2. The summed E-state index contributed by atoms with van der Waals surface area (Å²) in [5.41, 5.74) is 2.15. The van der Waals surface area contributed by atoms with E-state index in [4.69, 9.17) is 9.90 Å². The van der Waals surface area contributed by atoms with E-state index in [-0.39, 0.29) is 5.82 Å². The number of rotatable bonds is 3. The fraction of sp³-hybridized carbons (Fsp3) is 0.350. The van der Waals surface area contributed by atoms with E-state index in [1.807, 2.05) is 12.1 Å². The van der Waals surface area contributed by atoms with E-state index in [0.717, 1.165) is 36.4 Å². The molecule has 3 nitrogen and oxygen atoms in total. The third kappa shape index (κ3) is 6.53. The van der Waals surface area contributed by atoms with Crippen molar-refractivity contribution >= 4 is 17.7 Å². The number of nitrogens with one attached hydrogen (secondary N) is 1. The maximum absolute atomic E-state index is 14.4. The van der Waals surface area contributed by atoms with Crippen molar-refractivity contribution in [1.29, 1.82) is 0 Å².